The summed E-state index contributed by atoms with van der Waals surface area (Å²) in [4.78, 5) is 17.8. The summed E-state index contributed by atoms with van der Waals surface area (Å²) in [5, 5.41) is 6.72. The molecule has 0 spiro atoms. The van der Waals surface area contributed by atoms with Crippen LogP contribution in [0.5, 0.6) is 0 Å². The molecule has 0 bridgehead atoms. The molecule has 138 valence electrons. The van der Waals surface area contributed by atoms with Gasteiger partial charge in [-0.15, -0.1) is 0 Å². The van der Waals surface area contributed by atoms with E-state index in [1.54, 1.807) is 18.6 Å². The van der Waals surface area contributed by atoms with Gasteiger partial charge in [-0.2, -0.15) is 0 Å². The second-order valence-electron chi connectivity index (χ2n) is 6.21. The lowest BCUT2D eigenvalue weighted by atomic mass is 10.2. The summed E-state index contributed by atoms with van der Waals surface area (Å²) in [5.41, 5.74) is 3.06. The Kier molecular flexibility index (Phi) is 5.49. The van der Waals surface area contributed by atoms with Crippen LogP contribution in [0.1, 0.15) is 11.3 Å². The number of anilines is 2. The standard InChI is InChI=1S/C22H20N6/c1-2-6-18(7-3-1)22-27-20(25-15-17-9-12-23-13-10-17)14-21(28-22)26-16-19-8-4-5-11-24-19/h1-14H,15-16H2,(H2,25,26,27,28). The second kappa shape index (κ2) is 8.73. The summed E-state index contributed by atoms with van der Waals surface area (Å²) in [6.45, 7) is 1.25. The number of pyridine rings is 2. The third-order valence-corrected chi connectivity index (χ3v) is 4.16. The Hall–Kier alpha value is -3.80. The molecular formula is C22H20N6. The van der Waals surface area contributed by atoms with Crippen LogP contribution >= 0.6 is 0 Å². The van der Waals surface area contributed by atoms with Crippen LogP contribution in [0.3, 0.4) is 0 Å². The molecule has 3 aromatic heterocycles. The van der Waals surface area contributed by atoms with Gasteiger partial charge < -0.3 is 10.6 Å². The summed E-state index contributed by atoms with van der Waals surface area (Å²) in [5.74, 6) is 2.18. The first-order valence-electron chi connectivity index (χ1n) is 9.08. The highest BCUT2D eigenvalue weighted by molar-refractivity contribution is 5.61. The van der Waals surface area contributed by atoms with Crippen molar-refractivity contribution in [3.8, 4) is 11.4 Å². The van der Waals surface area contributed by atoms with Gasteiger partial charge in [-0.25, -0.2) is 9.97 Å². The lowest BCUT2D eigenvalue weighted by molar-refractivity contribution is 1.02. The van der Waals surface area contributed by atoms with Crippen LogP contribution in [-0.2, 0) is 13.1 Å². The molecule has 0 aliphatic heterocycles. The van der Waals surface area contributed by atoms with Crippen LogP contribution in [0.25, 0.3) is 11.4 Å². The van der Waals surface area contributed by atoms with Crippen LogP contribution in [0.4, 0.5) is 11.6 Å². The maximum Gasteiger partial charge on any atom is 0.163 e. The molecule has 4 aromatic rings. The minimum Gasteiger partial charge on any atom is -0.366 e. The molecule has 0 saturated carbocycles. The van der Waals surface area contributed by atoms with Crippen molar-refractivity contribution in [2.75, 3.05) is 10.6 Å². The van der Waals surface area contributed by atoms with Crippen molar-refractivity contribution < 1.29 is 0 Å². The van der Waals surface area contributed by atoms with Crippen molar-refractivity contribution in [3.63, 3.8) is 0 Å². The Balaban J connectivity index is 1.57. The fourth-order valence-electron chi connectivity index (χ4n) is 2.72. The molecule has 0 atom stereocenters. The number of benzene rings is 1. The van der Waals surface area contributed by atoms with E-state index in [9.17, 15) is 0 Å². The van der Waals surface area contributed by atoms with E-state index in [4.69, 9.17) is 0 Å². The van der Waals surface area contributed by atoms with Crippen LogP contribution in [0.2, 0.25) is 0 Å². The number of nitrogens with zero attached hydrogens (tertiary/aromatic N) is 4. The Morgan fingerprint density at radius 2 is 1.39 bits per heavy atom. The van der Waals surface area contributed by atoms with E-state index in [1.807, 2.05) is 66.7 Å². The summed E-state index contributed by atoms with van der Waals surface area (Å²) < 4.78 is 0. The Morgan fingerprint density at radius 1 is 0.679 bits per heavy atom. The second-order valence-corrected chi connectivity index (χ2v) is 6.21. The minimum atomic E-state index is 0.593. The lowest BCUT2D eigenvalue weighted by Gasteiger charge is -2.12. The minimum absolute atomic E-state index is 0.593. The molecule has 2 N–H and O–H groups in total. The number of rotatable bonds is 7. The molecule has 6 nitrogen and oxygen atoms in total. The van der Waals surface area contributed by atoms with Crippen molar-refractivity contribution in [1.29, 1.82) is 0 Å². The molecule has 6 heteroatoms. The molecule has 4 rings (SSSR count). The molecule has 0 aliphatic carbocycles. The molecule has 0 unspecified atom stereocenters. The average molecular weight is 368 g/mol. The Morgan fingerprint density at radius 3 is 2.11 bits per heavy atom. The topological polar surface area (TPSA) is 75.6 Å². The molecule has 3 heterocycles. The van der Waals surface area contributed by atoms with Crippen molar-refractivity contribution in [3.05, 3.63) is 96.6 Å². The molecule has 0 amide bonds. The Bertz CT molecular complexity index is 945. The van der Waals surface area contributed by atoms with E-state index >= 15 is 0 Å². The van der Waals surface area contributed by atoms with E-state index in [0.717, 1.165) is 28.5 Å². The fourth-order valence-corrected chi connectivity index (χ4v) is 2.72. The van der Waals surface area contributed by atoms with Gasteiger partial charge in [-0.3, -0.25) is 9.97 Å². The fraction of sp³-hybridized carbons (Fsp3) is 0.0909. The van der Waals surface area contributed by atoms with E-state index in [2.05, 4.69) is 30.6 Å². The van der Waals surface area contributed by atoms with Gasteiger partial charge in [-0.1, -0.05) is 36.4 Å². The third-order valence-electron chi connectivity index (χ3n) is 4.16. The smallest absolute Gasteiger partial charge is 0.163 e. The predicted molar refractivity (Wildman–Crippen MR) is 111 cm³/mol. The van der Waals surface area contributed by atoms with Crippen LogP contribution in [-0.4, -0.2) is 19.9 Å². The quantitative estimate of drug-likeness (QED) is 0.510. The van der Waals surface area contributed by atoms with E-state index in [1.165, 1.54) is 0 Å². The van der Waals surface area contributed by atoms with Crippen LogP contribution in [0.15, 0.2) is 85.3 Å². The number of hydrogen-bond donors (Lipinski definition) is 2. The predicted octanol–water partition coefficient (Wildman–Crippen LogP) is 4.16. The zero-order chi connectivity index (χ0) is 19.0. The average Bonchev–Trinajstić information content (AvgIpc) is 2.78. The highest BCUT2D eigenvalue weighted by Crippen LogP contribution is 2.21. The van der Waals surface area contributed by atoms with Gasteiger partial charge in [0.2, 0.25) is 0 Å². The van der Waals surface area contributed by atoms with Crippen LogP contribution < -0.4 is 10.6 Å². The normalized spacial score (nSPS) is 10.4. The summed E-state index contributed by atoms with van der Waals surface area (Å²) in [7, 11) is 0. The molecule has 1 aromatic carbocycles. The van der Waals surface area contributed by atoms with E-state index in [0.29, 0.717) is 18.9 Å². The number of nitrogens with one attached hydrogen (secondary N) is 2. The first kappa shape index (κ1) is 17.6. The highest BCUT2D eigenvalue weighted by Gasteiger charge is 2.07. The monoisotopic (exact) mass is 368 g/mol. The van der Waals surface area contributed by atoms with Gasteiger partial charge >= 0.3 is 0 Å². The third kappa shape index (κ3) is 4.67. The molecule has 0 fully saturated rings. The zero-order valence-corrected chi connectivity index (χ0v) is 15.3. The van der Waals surface area contributed by atoms with Crippen molar-refractivity contribution in [2.24, 2.45) is 0 Å². The Labute approximate surface area is 163 Å². The summed E-state index contributed by atoms with van der Waals surface area (Å²) in [6, 6.07) is 21.7. The summed E-state index contributed by atoms with van der Waals surface area (Å²) in [6.07, 6.45) is 5.35. The van der Waals surface area contributed by atoms with Gasteiger partial charge in [0.25, 0.3) is 0 Å². The van der Waals surface area contributed by atoms with E-state index in [-0.39, 0.29) is 0 Å². The number of hydrogen-bond acceptors (Lipinski definition) is 6. The van der Waals surface area contributed by atoms with Gasteiger partial charge in [-0.05, 0) is 29.8 Å². The highest BCUT2D eigenvalue weighted by atomic mass is 15.1. The maximum absolute atomic E-state index is 4.68. The number of aromatic nitrogens is 4. The van der Waals surface area contributed by atoms with Gasteiger partial charge in [0.1, 0.15) is 11.6 Å². The van der Waals surface area contributed by atoms with Crippen molar-refractivity contribution in [2.45, 2.75) is 13.1 Å². The van der Waals surface area contributed by atoms with Gasteiger partial charge in [0, 0.05) is 36.8 Å². The van der Waals surface area contributed by atoms with E-state index < -0.39 is 0 Å². The molecule has 0 radical (unpaired) electrons. The molecule has 0 saturated heterocycles. The van der Waals surface area contributed by atoms with Crippen LogP contribution in [0, 0.1) is 0 Å². The first-order chi connectivity index (χ1) is 13.9. The summed E-state index contributed by atoms with van der Waals surface area (Å²) >= 11 is 0. The molecule has 28 heavy (non-hydrogen) atoms. The van der Waals surface area contributed by atoms with Gasteiger partial charge in [0.15, 0.2) is 5.82 Å². The molecular weight excluding hydrogens is 348 g/mol. The van der Waals surface area contributed by atoms with Crippen molar-refractivity contribution in [1.82, 2.24) is 19.9 Å². The SMILES string of the molecule is c1ccc(-c2nc(NCc3ccncc3)cc(NCc3ccccn3)n2)cc1. The van der Waals surface area contributed by atoms with Crippen molar-refractivity contribution >= 4 is 11.6 Å². The maximum atomic E-state index is 4.68. The molecule has 0 aliphatic rings. The first-order valence-corrected chi connectivity index (χ1v) is 9.08. The lowest BCUT2D eigenvalue weighted by Crippen LogP contribution is -2.07. The largest absolute Gasteiger partial charge is 0.366 e. The zero-order valence-electron chi connectivity index (χ0n) is 15.3. The van der Waals surface area contributed by atoms with Gasteiger partial charge in [0.05, 0.1) is 12.2 Å².